The Morgan fingerprint density at radius 3 is 1.33 bits per heavy atom. The summed E-state index contributed by atoms with van der Waals surface area (Å²) >= 11 is 0. The molecule has 0 spiro atoms. The molecular formula is C38H65NO30. The third-order valence-electron chi connectivity index (χ3n) is 12.8. The Hall–Kier alpha value is -1.69. The molecule has 0 bridgehead atoms. The Bertz CT molecular complexity index is 1610. The summed E-state index contributed by atoms with van der Waals surface area (Å²) in [5.74, 6) is -0.863. The minimum atomic E-state index is -2.21. The highest BCUT2D eigenvalue weighted by molar-refractivity contribution is 5.73. The van der Waals surface area contributed by atoms with Crippen molar-refractivity contribution < 1.29 is 149 Å². The van der Waals surface area contributed by atoms with Crippen LogP contribution in [0.15, 0.2) is 0 Å². The van der Waals surface area contributed by atoms with Crippen LogP contribution in [0.4, 0.5) is 0 Å². The van der Waals surface area contributed by atoms with E-state index in [2.05, 4.69) is 5.32 Å². The summed E-state index contributed by atoms with van der Waals surface area (Å²) in [4.78, 5) is 12.7. The lowest BCUT2D eigenvalue weighted by Gasteiger charge is -2.51. The van der Waals surface area contributed by atoms with E-state index in [4.69, 9.17) is 52.1 Å². The Balaban J connectivity index is 1.23. The summed E-state index contributed by atoms with van der Waals surface area (Å²) < 4.78 is 62.4. The van der Waals surface area contributed by atoms with Gasteiger partial charge in [-0.3, -0.25) is 4.79 Å². The Labute approximate surface area is 390 Å². The van der Waals surface area contributed by atoms with Crippen molar-refractivity contribution in [2.75, 3.05) is 33.0 Å². The third-order valence-corrected chi connectivity index (χ3v) is 12.8. The van der Waals surface area contributed by atoms with E-state index < -0.39 is 223 Å². The summed E-state index contributed by atoms with van der Waals surface area (Å²) in [6.45, 7) is -2.55. The van der Waals surface area contributed by atoms with Gasteiger partial charge in [0.2, 0.25) is 5.91 Å². The number of hydrogen-bond donors (Lipinski definition) is 19. The van der Waals surface area contributed by atoms with Crippen molar-refractivity contribution >= 4 is 5.91 Å². The largest absolute Gasteiger partial charge is 0.394 e. The van der Waals surface area contributed by atoms with Crippen molar-refractivity contribution in [3.8, 4) is 0 Å². The van der Waals surface area contributed by atoms with Crippen LogP contribution in [0.3, 0.4) is 0 Å². The molecule has 6 fully saturated rings. The van der Waals surface area contributed by atoms with Crippen LogP contribution in [0, 0.1) is 0 Å². The average Bonchev–Trinajstić information content (AvgIpc) is 3.32. The average molecular weight is 1020 g/mol. The number of aliphatic hydroxyl groups is 18. The molecule has 13 unspecified atom stereocenters. The second kappa shape index (κ2) is 24.1. The van der Waals surface area contributed by atoms with Gasteiger partial charge < -0.3 is 149 Å². The Morgan fingerprint density at radius 2 is 0.768 bits per heavy atom. The SMILES string of the molecule is CC(=O)N[C@H]1C(O[C@@H]2OC(CO)[C@H](O)C(O)[C@@H]2O[C@@H]2OC(C)[C@@H](O)C(O)[C@@H]2O)[C@@H](O)C(CO)O[C@H]1O[C@@H]1C(O)[C@@H](O[C@H]2C(CO)O[C@@H](O[C@@H]3C(CO)O[C@@H](O)C(O)C3O)[C@@H](O)C2O)OC(CO)[C@@H]1O. The van der Waals surface area contributed by atoms with Crippen molar-refractivity contribution in [2.45, 2.75) is 198 Å². The molecule has 6 aliphatic rings. The first kappa shape index (κ1) is 56.6. The molecule has 0 aliphatic carbocycles. The topological polar surface area (TPSA) is 495 Å². The molecule has 30 atom stereocenters. The molecule has 6 saturated heterocycles. The van der Waals surface area contributed by atoms with Gasteiger partial charge in [-0.1, -0.05) is 0 Å². The van der Waals surface area contributed by atoms with Crippen LogP contribution in [-0.2, 0) is 56.9 Å². The molecule has 69 heavy (non-hydrogen) atoms. The predicted octanol–water partition coefficient (Wildman–Crippen LogP) is -12.9. The van der Waals surface area contributed by atoms with Crippen molar-refractivity contribution in [2.24, 2.45) is 0 Å². The van der Waals surface area contributed by atoms with Gasteiger partial charge in [0.15, 0.2) is 37.7 Å². The van der Waals surface area contributed by atoms with Crippen LogP contribution in [-0.4, -0.2) is 315 Å². The van der Waals surface area contributed by atoms with Gasteiger partial charge in [-0.2, -0.15) is 0 Å². The molecule has 6 heterocycles. The number of ether oxygens (including phenoxy) is 11. The standard InChI is InChI=1S/C38H65NO30/c1-8-16(46)20(50)25(55)35(59-8)69-32-21(51)17(47)10(3-40)63-38(32)67-30-15(39-9(2)45)34(61-11(4-41)18(30)48)68-31-19(49)12(5-42)62-37(27(31)57)66-29-14(7-44)64-36(26(56)23(29)53)65-28-13(6-43)60-33(58)24(54)22(28)52/h8,10-38,40-44,46-58H,3-7H2,1-2H3,(H,39,45)/t8?,10?,11?,12?,13?,14?,15-,16+,17-,18-,19-,20?,21?,22?,23?,24?,25-,26-,27?,28+,29-,30?,31-,32-,33+,34-,35-,36-,37+,38-/m0/s1. The quantitative estimate of drug-likeness (QED) is 0.0682. The van der Waals surface area contributed by atoms with Crippen molar-refractivity contribution in [3.05, 3.63) is 0 Å². The molecule has 31 nitrogen and oxygen atoms in total. The molecule has 1 amide bonds. The third kappa shape index (κ3) is 11.8. The molecule has 19 N–H and O–H groups in total. The first-order valence-corrected chi connectivity index (χ1v) is 22.0. The molecular weight excluding hydrogens is 950 g/mol. The molecule has 6 rings (SSSR count). The Morgan fingerprint density at radius 1 is 0.377 bits per heavy atom. The molecule has 402 valence electrons. The van der Waals surface area contributed by atoms with Gasteiger partial charge in [-0.05, 0) is 6.92 Å². The maximum atomic E-state index is 12.7. The Kier molecular flexibility index (Phi) is 19.8. The van der Waals surface area contributed by atoms with Crippen LogP contribution in [0.2, 0.25) is 0 Å². The van der Waals surface area contributed by atoms with Crippen LogP contribution in [0.25, 0.3) is 0 Å². The monoisotopic (exact) mass is 1020 g/mol. The van der Waals surface area contributed by atoms with Crippen molar-refractivity contribution in [1.29, 1.82) is 0 Å². The second-order valence-electron chi connectivity index (χ2n) is 17.5. The van der Waals surface area contributed by atoms with E-state index in [1.165, 1.54) is 6.92 Å². The predicted molar refractivity (Wildman–Crippen MR) is 209 cm³/mol. The molecule has 0 radical (unpaired) electrons. The minimum Gasteiger partial charge on any atom is -0.394 e. The zero-order valence-electron chi connectivity index (χ0n) is 36.8. The number of aliphatic hydroxyl groups excluding tert-OH is 18. The van der Waals surface area contributed by atoms with Gasteiger partial charge in [-0.25, -0.2) is 0 Å². The molecule has 31 heteroatoms. The lowest BCUT2D eigenvalue weighted by atomic mass is 9.94. The number of rotatable bonds is 16. The van der Waals surface area contributed by atoms with E-state index in [-0.39, 0.29) is 0 Å². The zero-order valence-corrected chi connectivity index (χ0v) is 36.8. The fourth-order valence-corrected chi connectivity index (χ4v) is 8.84. The minimum absolute atomic E-state index is 0.863. The first-order valence-electron chi connectivity index (χ1n) is 22.0. The smallest absolute Gasteiger partial charge is 0.217 e. The van der Waals surface area contributed by atoms with E-state index in [0.29, 0.717) is 0 Å². The van der Waals surface area contributed by atoms with E-state index in [1.807, 2.05) is 0 Å². The van der Waals surface area contributed by atoms with E-state index >= 15 is 0 Å². The molecule has 0 saturated carbocycles. The van der Waals surface area contributed by atoms with Gasteiger partial charge in [-0.15, -0.1) is 0 Å². The van der Waals surface area contributed by atoms with Crippen molar-refractivity contribution in [3.63, 3.8) is 0 Å². The van der Waals surface area contributed by atoms with Crippen LogP contribution in [0.1, 0.15) is 13.8 Å². The highest BCUT2D eigenvalue weighted by atomic mass is 16.8. The van der Waals surface area contributed by atoms with E-state index in [1.54, 1.807) is 0 Å². The van der Waals surface area contributed by atoms with Crippen LogP contribution in [0.5, 0.6) is 0 Å². The molecule has 0 aromatic heterocycles. The second-order valence-corrected chi connectivity index (χ2v) is 17.5. The number of carbonyl (C=O) groups excluding carboxylic acids is 1. The first-order chi connectivity index (χ1) is 32.6. The number of nitrogens with one attached hydrogen (secondary N) is 1. The maximum Gasteiger partial charge on any atom is 0.217 e. The van der Waals surface area contributed by atoms with Crippen molar-refractivity contribution in [1.82, 2.24) is 5.32 Å². The summed E-state index contributed by atoms with van der Waals surface area (Å²) in [5, 5.41) is 194. The number of amides is 1. The van der Waals surface area contributed by atoms with Gasteiger partial charge >= 0.3 is 0 Å². The van der Waals surface area contributed by atoms with Gasteiger partial charge in [0.25, 0.3) is 0 Å². The lowest BCUT2D eigenvalue weighted by Crippen LogP contribution is -2.70. The summed E-state index contributed by atoms with van der Waals surface area (Å²) in [7, 11) is 0. The van der Waals surface area contributed by atoms with Gasteiger partial charge in [0, 0.05) is 6.92 Å². The highest BCUT2D eigenvalue weighted by Crippen LogP contribution is 2.37. The molecule has 0 aromatic carbocycles. The van der Waals surface area contributed by atoms with Gasteiger partial charge in [0.05, 0.1) is 39.1 Å². The highest BCUT2D eigenvalue weighted by Gasteiger charge is 2.58. The van der Waals surface area contributed by atoms with Crippen LogP contribution >= 0.6 is 0 Å². The fourth-order valence-electron chi connectivity index (χ4n) is 8.84. The fraction of sp³-hybridized carbons (Fsp3) is 0.974. The van der Waals surface area contributed by atoms with Crippen LogP contribution < -0.4 is 5.32 Å². The number of carbonyl (C=O) groups is 1. The summed E-state index contributed by atoms with van der Waals surface area (Å²) in [6, 6.07) is -1.79. The molecule has 0 aromatic rings. The van der Waals surface area contributed by atoms with Gasteiger partial charge in [0.1, 0.15) is 140 Å². The zero-order chi connectivity index (χ0) is 50.9. The summed E-state index contributed by atoms with van der Waals surface area (Å²) in [5.41, 5.74) is 0. The maximum absolute atomic E-state index is 12.7. The van der Waals surface area contributed by atoms with E-state index in [9.17, 15) is 96.7 Å². The lowest BCUT2D eigenvalue weighted by molar-refractivity contribution is -0.393. The van der Waals surface area contributed by atoms with E-state index in [0.717, 1.165) is 6.92 Å². The molecule has 6 aliphatic heterocycles. The number of hydrogen-bond acceptors (Lipinski definition) is 30. The normalized spacial score (nSPS) is 52.1. The summed E-state index contributed by atoms with van der Waals surface area (Å²) in [6.07, 6.45) is -54.3.